The Morgan fingerprint density at radius 1 is 1.50 bits per heavy atom. The molecule has 4 N–H and O–H groups in total. The summed E-state index contributed by atoms with van der Waals surface area (Å²) in [6, 6.07) is -0.494. The van der Waals surface area contributed by atoms with Crippen molar-refractivity contribution in [3.63, 3.8) is 0 Å². The van der Waals surface area contributed by atoms with Gasteiger partial charge in [-0.3, -0.25) is 4.90 Å². The van der Waals surface area contributed by atoms with Crippen LogP contribution in [0, 0.1) is 5.92 Å². The van der Waals surface area contributed by atoms with Crippen molar-refractivity contribution < 1.29 is 14.6 Å². The second-order valence-electron chi connectivity index (χ2n) is 6.10. The Balaban J connectivity index is 2.16. The van der Waals surface area contributed by atoms with Gasteiger partial charge in [-0.15, -0.1) is 0 Å². The highest BCUT2D eigenvalue weighted by Crippen LogP contribution is 2.32. The van der Waals surface area contributed by atoms with E-state index < -0.39 is 5.60 Å². The monoisotopic (exact) mass is 257 g/mol. The molecule has 1 amide bonds. The fourth-order valence-electron chi connectivity index (χ4n) is 2.89. The van der Waals surface area contributed by atoms with E-state index in [2.05, 4.69) is 5.32 Å². The SMILES string of the molecule is CC(C)(C)OC(=O)N1[C@@H]2CNC[C@@H]2[C@H](N)[C@@H]1CO. The van der Waals surface area contributed by atoms with Crippen molar-refractivity contribution in [1.82, 2.24) is 10.2 Å². The molecule has 0 aromatic carbocycles. The van der Waals surface area contributed by atoms with Crippen LogP contribution in [0.5, 0.6) is 0 Å². The molecule has 0 spiro atoms. The van der Waals surface area contributed by atoms with Crippen LogP contribution in [0.1, 0.15) is 20.8 Å². The van der Waals surface area contributed by atoms with Crippen molar-refractivity contribution in [3.8, 4) is 0 Å². The molecule has 2 heterocycles. The molecule has 0 saturated carbocycles. The lowest BCUT2D eigenvalue weighted by molar-refractivity contribution is 0.00865. The van der Waals surface area contributed by atoms with E-state index in [0.717, 1.165) is 6.54 Å². The Labute approximate surface area is 107 Å². The fraction of sp³-hybridized carbons (Fsp3) is 0.917. The maximum absolute atomic E-state index is 12.2. The number of nitrogens with zero attached hydrogens (tertiary/aromatic N) is 1. The quantitative estimate of drug-likeness (QED) is 0.590. The molecule has 4 atom stereocenters. The third-order valence-electron chi connectivity index (χ3n) is 3.67. The number of likely N-dealkylation sites (tertiary alicyclic amines) is 1. The lowest BCUT2D eigenvalue weighted by Crippen LogP contribution is -2.50. The molecule has 104 valence electrons. The largest absolute Gasteiger partial charge is 0.444 e. The van der Waals surface area contributed by atoms with E-state index in [9.17, 15) is 9.90 Å². The van der Waals surface area contributed by atoms with E-state index in [-0.39, 0.29) is 36.7 Å². The summed E-state index contributed by atoms with van der Waals surface area (Å²) in [5, 5.41) is 12.7. The van der Waals surface area contributed by atoms with Crippen LogP contribution in [0.25, 0.3) is 0 Å². The van der Waals surface area contributed by atoms with Gasteiger partial charge in [-0.2, -0.15) is 0 Å². The Hall–Kier alpha value is -0.850. The van der Waals surface area contributed by atoms with E-state index in [1.54, 1.807) is 4.90 Å². The van der Waals surface area contributed by atoms with Gasteiger partial charge in [0.25, 0.3) is 0 Å². The number of rotatable bonds is 1. The van der Waals surface area contributed by atoms with Crippen molar-refractivity contribution in [2.24, 2.45) is 11.7 Å². The highest BCUT2D eigenvalue weighted by molar-refractivity contribution is 5.70. The Kier molecular flexibility index (Phi) is 3.53. The van der Waals surface area contributed by atoms with Gasteiger partial charge in [-0.1, -0.05) is 0 Å². The van der Waals surface area contributed by atoms with Crippen molar-refractivity contribution in [3.05, 3.63) is 0 Å². The molecule has 6 heteroatoms. The van der Waals surface area contributed by atoms with E-state index in [0.29, 0.717) is 6.54 Å². The molecule has 2 rings (SSSR count). The summed E-state index contributed by atoms with van der Waals surface area (Å²) in [4.78, 5) is 13.9. The van der Waals surface area contributed by atoms with Crippen molar-refractivity contribution in [2.75, 3.05) is 19.7 Å². The van der Waals surface area contributed by atoms with Crippen LogP contribution < -0.4 is 11.1 Å². The number of carbonyl (C=O) groups is 1. The molecule has 2 aliphatic rings. The smallest absolute Gasteiger partial charge is 0.410 e. The second-order valence-corrected chi connectivity index (χ2v) is 6.10. The minimum absolute atomic E-state index is 0.0343. The maximum atomic E-state index is 12.2. The Bertz CT molecular complexity index is 327. The first-order valence-corrected chi connectivity index (χ1v) is 6.43. The number of aliphatic hydroxyl groups excluding tert-OH is 1. The minimum Gasteiger partial charge on any atom is -0.444 e. The van der Waals surface area contributed by atoms with Gasteiger partial charge in [0.2, 0.25) is 0 Å². The predicted molar refractivity (Wildman–Crippen MR) is 67.1 cm³/mol. The van der Waals surface area contributed by atoms with Crippen LogP contribution in [-0.4, -0.2) is 59.5 Å². The summed E-state index contributed by atoms with van der Waals surface area (Å²) in [5.74, 6) is 0.203. The number of amides is 1. The first-order chi connectivity index (χ1) is 8.35. The zero-order valence-corrected chi connectivity index (χ0v) is 11.2. The van der Waals surface area contributed by atoms with Crippen LogP contribution in [0.2, 0.25) is 0 Å². The zero-order valence-electron chi connectivity index (χ0n) is 11.2. The van der Waals surface area contributed by atoms with Crippen molar-refractivity contribution >= 4 is 6.09 Å². The number of carbonyl (C=O) groups excluding carboxylic acids is 1. The molecule has 0 bridgehead atoms. The third kappa shape index (κ3) is 2.32. The van der Waals surface area contributed by atoms with Crippen molar-refractivity contribution in [1.29, 1.82) is 0 Å². The zero-order chi connectivity index (χ0) is 13.5. The highest BCUT2D eigenvalue weighted by atomic mass is 16.6. The number of ether oxygens (including phenoxy) is 1. The molecule has 2 saturated heterocycles. The van der Waals surface area contributed by atoms with Gasteiger partial charge in [-0.25, -0.2) is 4.79 Å². The van der Waals surface area contributed by atoms with Crippen LogP contribution >= 0.6 is 0 Å². The van der Waals surface area contributed by atoms with E-state index in [1.807, 2.05) is 20.8 Å². The van der Waals surface area contributed by atoms with Gasteiger partial charge in [0, 0.05) is 25.0 Å². The predicted octanol–water partition coefficient (Wildman–Crippen LogP) is -0.487. The van der Waals surface area contributed by atoms with Crippen LogP contribution in [0.15, 0.2) is 0 Å². The summed E-state index contributed by atoms with van der Waals surface area (Å²) in [7, 11) is 0. The first-order valence-electron chi connectivity index (χ1n) is 6.43. The van der Waals surface area contributed by atoms with Crippen molar-refractivity contribution in [2.45, 2.75) is 44.5 Å². The van der Waals surface area contributed by atoms with E-state index >= 15 is 0 Å². The van der Waals surface area contributed by atoms with E-state index in [4.69, 9.17) is 10.5 Å². The lowest BCUT2D eigenvalue weighted by Gasteiger charge is -2.31. The van der Waals surface area contributed by atoms with Crippen LogP contribution in [0.4, 0.5) is 4.79 Å². The molecule has 2 aliphatic heterocycles. The molecule has 6 nitrogen and oxygen atoms in total. The number of hydrogen-bond donors (Lipinski definition) is 3. The third-order valence-corrected chi connectivity index (χ3v) is 3.67. The fourth-order valence-corrected chi connectivity index (χ4v) is 2.89. The first kappa shape index (κ1) is 13.6. The van der Waals surface area contributed by atoms with Gasteiger partial charge in [0.05, 0.1) is 18.7 Å². The molecule has 2 fully saturated rings. The average molecular weight is 257 g/mol. The highest BCUT2D eigenvalue weighted by Gasteiger charge is 2.52. The number of nitrogens with two attached hydrogens (primary N) is 1. The molecule has 0 aromatic heterocycles. The Morgan fingerprint density at radius 3 is 2.72 bits per heavy atom. The number of aliphatic hydroxyl groups is 1. The number of hydrogen-bond acceptors (Lipinski definition) is 5. The molecular weight excluding hydrogens is 234 g/mol. The van der Waals surface area contributed by atoms with Crippen LogP contribution in [-0.2, 0) is 4.74 Å². The normalized spacial score (nSPS) is 35.7. The molecule has 18 heavy (non-hydrogen) atoms. The number of nitrogens with one attached hydrogen (secondary N) is 1. The van der Waals surface area contributed by atoms with Gasteiger partial charge in [0.15, 0.2) is 0 Å². The summed E-state index contributed by atoms with van der Waals surface area (Å²) in [6.07, 6.45) is -0.381. The lowest BCUT2D eigenvalue weighted by atomic mass is 9.97. The molecule has 0 unspecified atom stereocenters. The average Bonchev–Trinajstić information content (AvgIpc) is 2.77. The van der Waals surface area contributed by atoms with Crippen LogP contribution in [0.3, 0.4) is 0 Å². The minimum atomic E-state index is -0.536. The van der Waals surface area contributed by atoms with Gasteiger partial charge < -0.3 is 20.9 Å². The van der Waals surface area contributed by atoms with Gasteiger partial charge >= 0.3 is 6.09 Å². The standard InChI is InChI=1S/C12H23N3O3/c1-12(2,3)18-11(17)15-8-5-14-4-7(8)10(13)9(15)6-16/h7-10,14,16H,4-6,13H2,1-3H3/t7-,8+,9-,10-/m0/s1. The van der Waals surface area contributed by atoms with E-state index in [1.165, 1.54) is 0 Å². The Morgan fingerprint density at radius 2 is 2.17 bits per heavy atom. The second kappa shape index (κ2) is 4.68. The topological polar surface area (TPSA) is 87.8 Å². The maximum Gasteiger partial charge on any atom is 0.410 e. The summed E-state index contributed by atoms with van der Waals surface area (Å²) in [5.41, 5.74) is 5.58. The molecule has 0 aromatic rings. The molecule has 0 aliphatic carbocycles. The van der Waals surface area contributed by atoms with Gasteiger partial charge in [0.1, 0.15) is 5.60 Å². The summed E-state index contributed by atoms with van der Waals surface area (Å²) >= 11 is 0. The molecule has 0 radical (unpaired) electrons. The summed E-state index contributed by atoms with van der Waals surface area (Å²) in [6.45, 7) is 6.89. The molecular formula is C12H23N3O3. The number of fused-ring (bicyclic) bond motifs is 1. The van der Waals surface area contributed by atoms with Gasteiger partial charge in [-0.05, 0) is 20.8 Å². The summed E-state index contributed by atoms with van der Waals surface area (Å²) < 4.78 is 5.40.